The normalized spacial score (nSPS) is 10.4. The molecule has 0 saturated heterocycles. The van der Waals surface area contributed by atoms with Crippen LogP contribution < -0.4 is 11.1 Å². The Labute approximate surface area is 121 Å². The van der Waals surface area contributed by atoms with E-state index in [1.54, 1.807) is 11.3 Å². The van der Waals surface area contributed by atoms with E-state index in [1.807, 2.05) is 18.2 Å². The van der Waals surface area contributed by atoms with Crippen LogP contribution in [0.1, 0.15) is 4.88 Å². The summed E-state index contributed by atoms with van der Waals surface area (Å²) in [6.07, 6.45) is 0. The first-order valence-corrected chi connectivity index (χ1v) is 7.42. The topological polar surface area (TPSA) is 38.0 Å². The van der Waals surface area contributed by atoms with E-state index in [9.17, 15) is 0 Å². The monoisotopic (exact) mass is 408 g/mol. The van der Waals surface area contributed by atoms with Gasteiger partial charge in [-0.3, -0.25) is 0 Å². The van der Waals surface area contributed by atoms with Crippen LogP contribution in [-0.4, -0.2) is 0 Å². The third-order valence-electron chi connectivity index (χ3n) is 2.07. The molecule has 0 aliphatic rings. The summed E-state index contributed by atoms with van der Waals surface area (Å²) >= 11 is 7.47. The highest BCUT2D eigenvalue weighted by Crippen LogP contribution is 2.24. The molecule has 0 aliphatic heterocycles. The summed E-state index contributed by atoms with van der Waals surface area (Å²) in [5.41, 5.74) is 7.63. The van der Waals surface area contributed by atoms with Crippen molar-refractivity contribution in [1.29, 1.82) is 0 Å². The van der Waals surface area contributed by atoms with Crippen LogP contribution in [0.5, 0.6) is 0 Å². The first kappa shape index (κ1) is 12.2. The average Bonchev–Trinajstić information content (AvgIpc) is 2.63. The first-order chi connectivity index (χ1) is 7.65. The molecule has 0 bridgehead atoms. The summed E-state index contributed by atoms with van der Waals surface area (Å²) in [6, 6.07) is 8.02. The molecule has 2 rings (SSSR count). The fourth-order valence-electron chi connectivity index (χ4n) is 1.30. The van der Waals surface area contributed by atoms with Crippen LogP contribution in [0.15, 0.2) is 34.1 Å². The molecule has 1 aromatic heterocycles. The lowest BCUT2D eigenvalue weighted by molar-refractivity contribution is 1.19. The Morgan fingerprint density at radius 1 is 1.38 bits per heavy atom. The molecular weight excluding hydrogens is 399 g/mol. The Balaban J connectivity index is 2.04. The van der Waals surface area contributed by atoms with E-state index < -0.39 is 0 Å². The summed E-state index contributed by atoms with van der Waals surface area (Å²) < 4.78 is 2.29. The van der Waals surface area contributed by atoms with E-state index in [1.165, 1.54) is 4.88 Å². The quantitative estimate of drug-likeness (QED) is 0.586. The second kappa shape index (κ2) is 5.37. The van der Waals surface area contributed by atoms with Crippen molar-refractivity contribution in [3.05, 3.63) is 42.6 Å². The average molecular weight is 409 g/mol. The fraction of sp³-hybridized carbons (Fsp3) is 0.0909. The lowest BCUT2D eigenvalue weighted by Crippen LogP contribution is -1.99. The molecule has 3 N–H and O–H groups in total. The molecule has 0 aliphatic carbocycles. The predicted octanol–water partition coefficient (Wildman–Crippen LogP) is 4.31. The minimum absolute atomic E-state index is 0.800. The number of nitrogen functional groups attached to an aromatic ring is 1. The van der Waals surface area contributed by atoms with Gasteiger partial charge in [0.1, 0.15) is 0 Å². The van der Waals surface area contributed by atoms with E-state index in [-0.39, 0.29) is 0 Å². The molecular formula is C11H10BrIN2S. The standard InChI is InChI=1S/C11H10BrIN2S/c12-7-3-9(16-6-7)5-15-11-2-1-8(14)4-10(11)13/h1-4,6,15H,5,14H2. The van der Waals surface area contributed by atoms with Crippen LogP contribution in [0.2, 0.25) is 0 Å². The minimum Gasteiger partial charge on any atom is -0.399 e. The van der Waals surface area contributed by atoms with Gasteiger partial charge in [0.2, 0.25) is 0 Å². The highest BCUT2D eigenvalue weighted by molar-refractivity contribution is 14.1. The Kier molecular flexibility index (Phi) is 4.10. The number of hydrogen-bond acceptors (Lipinski definition) is 3. The van der Waals surface area contributed by atoms with Crippen molar-refractivity contribution in [3.8, 4) is 0 Å². The number of rotatable bonds is 3. The van der Waals surface area contributed by atoms with E-state index in [0.29, 0.717) is 0 Å². The Bertz CT molecular complexity index is 498. The number of thiophene rings is 1. The van der Waals surface area contributed by atoms with Crippen LogP contribution in [0.25, 0.3) is 0 Å². The van der Waals surface area contributed by atoms with Crippen LogP contribution in [0, 0.1) is 3.57 Å². The fourth-order valence-corrected chi connectivity index (χ4v) is 3.42. The lowest BCUT2D eigenvalue weighted by atomic mass is 10.3. The smallest absolute Gasteiger partial charge is 0.0494 e. The maximum absolute atomic E-state index is 5.70. The number of benzene rings is 1. The van der Waals surface area contributed by atoms with Gasteiger partial charge >= 0.3 is 0 Å². The largest absolute Gasteiger partial charge is 0.399 e. The van der Waals surface area contributed by atoms with Gasteiger partial charge in [0.15, 0.2) is 0 Å². The zero-order valence-corrected chi connectivity index (χ0v) is 12.9. The molecule has 0 unspecified atom stereocenters. The molecule has 1 aromatic carbocycles. The molecule has 0 fully saturated rings. The molecule has 1 heterocycles. The van der Waals surface area contributed by atoms with Crippen molar-refractivity contribution in [3.63, 3.8) is 0 Å². The number of hydrogen-bond donors (Lipinski definition) is 2. The van der Waals surface area contributed by atoms with Gasteiger partial charge in [-0.25, -0.2) is 0 Å². The Morgan fingerprint density at radius 3 is 2.81 bits per heavy atom. The van der Waals surface area contributed by atoms with Crippen LogP contribution >= 0.6 is 49.9 Å². The zero-order valence-electron chi connectivity index (χ0n) is 8.34. The highest BCUT2D eigenvalue weighted by Gasteiger charge is 2.01. The summed E-state index contributed by atoms with van der Waals surface area (Å²) in [5.74, 6) is 0. The SMILES string of the molecule is Nc1ccc(NCc2cc(Br)cs2)c(I)c1. The predicted molar refractivity (Wildman–Crippen MR) is 82.9 cm³/mol. The van der Waals surface area contributed by atoms with E-state index in [0.717, 1.165) is 26.0 Å². The molecule has 2 aromatic rings. The maximum Gasteiger partial charge on any atom is 0.0494 e. The van der Waals surface area contributed by atoms with Crippen molar-refractivity contribution in [2.45, 2.75) is 6.54 Å². The van der Waals surface area contributed by atoms with Crippen LogP contribution in [-0.2, 0) is 6.54 Å². The van der Waals surface area contributed by atoms with Gasteiger partial charge in [0, 0.05) is 36.2 Å². The molecule has 0 amide bonds. The van der Waals surface area contributed by atoms with Gasteiger partial charge in [0.05, 0.1) is 0 Å². The van der Waals surface area contributed by atoms with Crippen LogP contribution in [0.4, 0.5) is 11.4 Å². The molecule has 0 spiro atoms. The second-order valence-corrected chi connectivity index (χ2v) is 6.40. The maximum atomic E-state index is 5.70. The van der Waals surface area contributed by atoms with Gasteiger partial charge in [0.25, 0.3) is 0 Å². The summed E-state index contributed by atoms with van der Waals surface area (Å²) in [6.45, 7) is 0.843. The van der Waals surface area contributed by atoms with Crippen molar-refractivity contribution in [2.75, 3.05) is 11.1 Å². The third-order valence-corrected chi connectivity index (χ3v) is 4.66. The van der Waals surface area contributed by atoms with Crippen LogP contribution in [0.3, 0.4) is 0 Å². The zero-order chi connectivity index (χ0) is 11.5. The number of halogens is 2. The van der Waals surface area contributed by atoms with Gasteiger partial charge in [-0.1, -0.05) is 0 Å². The van der Waals surface area contributed by atoms with E-state index >= 15 is 0 Å². The third kappa shape index (κ3) is 3.11. The van der Waals surface area contributed by atoms with E-state index in [2.05, 4.69) is 55.3 Å². The number of nitrogens with one attached hydrogen (secondary N) is 1. The van der Waals surface area contributed by atoms with Gasteiger partial charge in [-0.05, 0) is 62.8 Å². The number of nitrogens with two attached hydrogens (primary N) is 1. The molecule has 16 heavy (non-hydrogen) atoms. The summed E-state index contributed by atoms with van der Waals surface area (Å²) in [5, 5.41) is 5.48. The first-order valence-electron chi connectivity index (χ1n) is 4.67. The second-order valence-electron chi connectivity index (χ2n) is 3.32. The van der Waals surface area contributed by atoms with Crippen molar-refractivity contribution in [2.24, 2.45) is 0 Å². The highest BCUT2D eigenvalue weighted by atomic mass is 127. The summed E-state index contributed by atoms with van der Waals surface area (Å²) in [4.78, 5) is 1.31. The molecule has 5 heteroatoms. The number of anilines is 2. The molecule has 0 radical (unpaired) electrons. The molecule has 0 atom stereocenters. The van der Waals surface area contributed by atoms with Crippen molar-refractivity contribution in [1.82, 2.24) is 0 Å². The molecule has 84 valence electrons. The van der Waals surface area contributed by atoms with Gasteiger partial charge in [-0.2, -0.15) is 0 Å². The van der Waals surface area contributed by atoms with Gasteiger partial charge in [-0.15, -0.1) is 11.3 Å². The summed E-state index contributed by atoms with van der Waals surface area (Å²) in [7, 11) is 0. The van der Waals surface area contributed by atoms with Crippen molar-refractivity contribution < 1.29 is 0 Å². The minimum atomic E-state index is 0.800. The van der Waals surface area contributed by atoms with Gasteiger partial charge < -0.3 is 11.1 Å². The Hall–Kier alpha value is -0.270. The lowest BCUT2D eigenvalue weighted by Gasteiger charge is -2.07. The Morgan fingerprint density at radius 2 is 2.19 bits per heavy atom. The molecule has 2 nitrogen and oxygen atoms in total. The molecule has 0 saturated carbocycles. The van der Waals surface area contributed by atoms with E-state index in [4.69, 9.17) is 5.73 Å². The van der Waals surface area contributed by atoms with Crippen molar-refractivity contribution >= 4 is 61.2 Å².